The second-order valence-electron chi connectivity index (χ2n) is 5.72. The molecule has 0 radical (unpaired) electrons. The second-order valence-corrected chi connectivity index (χ2v) is 7.47. The van der Waals surface area contributed by atoms with Gasteiger partial charge in [-0.05, 0) is 30.3 Å². The topological polar surface area (TPSA) is 99.6 Å². The van der Waals surface area contributed by atoms with Crippen LogP contribution >= 0.6 is 0 Å². The molecule has 0 bridgehead atoms. The molecule has 1 aromatic carbocycles. The zero-order valence-corrected chi connectivity index (χ0v) is 16.1. The van der Waals surface area contributed by atoms with Gasteiger partial charge in [0, 0.05) is 17.1 Å². The molecule has 1 N–H and O–H groups in total. The molecule has 0 amide bonds. The van der Waals surface area contributed by atoms with Crippen molar-refractivity contribution in [3.8, 4) is 28.5 Å². The molecular formula is C18H19N3O5S. The molecular weight excluding hydrogens is 370 g/mol. The monoisotopic (exact) mass is 389 g/mol. The van der Waals surface area contributed by atoms with E-state index >= 15 is 0 Å². The van der Waals surface area contributed by atoms with Gasteiger partial charge in [-0.3, -0.25) is 4.72 Å². The molecule has 2 aromatic heterocycles. The molecule has 8 nitrogen and oxygen atoms in total. The molecule has 0 fully saturated rings. The molecule has 3 aromatic rings. The summed E-state index contributed by atoms with van der Waals surface area (Å²) < 4.78 is 42.3. The minimum absolute atomic E-state index is 0.326. The number of rotatable bonds is 6. The number of aromatic nitrogens is 2. The molecule has 0 aliphatic rings. The Morgan fingerprint density at radius 1 is 1.00 bits per heavy atom. The average Bonchev–Trinajstić information content (AvgIpc) is 2.64. The van der Waals surface area contributed by atoms with Crippen molar-refractivity contribution in [2.24, 2.45) is 0 Å². The van der Waals surface area contributed by atoms with E-state index in [4.69, 9.17) is 14.2 Å². The van der Waals surface area contributed by atoms with E-state index in [-0.39, 0.29) is 0 Å². The standard InChI is InChI=1S/C18H19N3O5S/c1-24-14-9-12(10-15(25-2)17(14)26-3)16-13(21-27(4,22)23)8-11-6-5-7-19-18(11)20-16/h5-10,21H,1-4H3. The van der Waals surface area contributed by atoms with Crippen LogP contribution in [0.2, 0.25) is 0 Å². The Balaban J connectivity index is 2.30. The van der Waals surface area contributed by atoms with Gasteiger partial charge in [0.1, 0.15) is 0 Å². The van der Waals surface area contributed by atoms with Crippen LogP contribution in [0.25, 0.3) is 22.3 Å². The zero-order valence-electron chi connectivity index (χ0n) is 15.3. The fourth-order valence-corrected chi connectivity index (χ4v) is 3.28. The Labute approximate surface area is 157 Å². The Hall–Kier alpha value is -3.07. The van der Waals surface area contributed by atoms with Crippen LogP contribution in [0.15, 0.2) is 36.5 Å². The normalized spacial score (nSPS) is 11.3. The zero-order chi connectivity index (χ0) is 19.6. The van der Waals surface area contributed by atoms with Crippen molar-refractivity contribution in [1.29, 1.82) is 0 Å². The SMILES string of the molecule is COc1cc(-c2nc3ncccc3cc2NS(C)(=O)=O)cc(OC)c1OC. The summed E-state index contributed by atoms with van der Waals surface area (Å²) in [5.74, 6) is 1.29. The summed E-state index contributed by atoms with van der Waals surface area (Å²) in [6.07, 6.45) is 2.71. The number of benzene rings is 1. The lowest BCUT2D eigenvalue weighted by Gasteiger charge is -2.16. The first-order valence-electron chi connectivity index (χ1n) is 7.90. The van der Waals surface area contributed by atoms with Crippen molar-refractivity contribution in [1.82, 2.24) is 9.97 Å². The van der Waals surface area contributed by atoms with Crippen LogP contribution in [0.5, 0.6) is 17.2 Å². The fraction of sp³-hybridized carbons (Fsp3) is 0.222. The van der Waals surface area contributed by atoms with Crippen molar-refractivity contribution < 1.29 is 22.6 Å². The van der Waals surface area contributed by atoms with Crippen LogP contribution in [-0.4, -0.2) is 46.0 Å². The molecule has 3 rings (SSSR count). The quantitative estimate of drug-likeness (QED) is 0.692. The van der Waals surface area contributed by atoms with E-state index in [0.717, 1.165) is 6.26 Å². The van der Waals surface area contributed by atoms with Gasteiger partial charge in [0.05, 0.1) is 39.0 Å². The van der Waals surface area contributed by atoms with E-state index < -0.39 is 10.0 Å². The summed E-state index contributed by atoms with van der Waals surface area (Å²) in [5, 5.41) is 0.708. The molecule has 27 heavy (non-hydrogen) atoms. The van der Waals surface area contributed by atoms with Crippen molar-refractivity contribution in [3.05, 3.63) is 36.5 Å². The molecule has 2 heterocycles. The summed E-state index contributed by atoms with van der Waals surface area (Å²) in [6, 6.07) is 8.65. The predicted molar refractivity (Wildman–Crippen MR) is 103 cm³/mol. The highest BCUT2D eigenvalue weighted by atomic mass is 32.2. The Morgan fingerprint density at radius 2 is 1.67 bits per heavy atom. The van der Waals surface area contributed by atoms with Gasteiger partial charge in [-0.15, -0.1) is 0 Å². The minimum atomic E-state index is -3.52. The second kappa shape index (κ2) is 7.28. The highest BCUT2D eigenvalue weighted by molar-refractivity contribution is 7.92. The molecule has 142 valence electrons. The number of fused-ring (bicyclic) bond motifs is 1. The third-order valence-electron chi connectivity index (χ3n) is 3.82. The first kappa shape index (κ1) is 18.7. The first-order valence-corrected chi connectivity index (χ1v) is 9.79. The van der Waals surface area contributed by atoms with Crippen molar-refractivity contribution >= 4 is 26.7 Å². The molecule has 0 saturated carbocycles. The molecule has 0 spiro atoms. The number of anilines is 1. The Morgan fingerprint density at radius 3 is 2.22 bits per heavy atom. The van der Waals surface area contributed by atoms with Crippen molar-refractivity contribution in [2.45, 2.75) is 0 Å². The van der Waals surface area contributed by atoms with Gasteiger partial charge in [0.2, 0.25) is 15.8 Å². The number of methoxy groups -OCH3 is 3. The maximum absolute atomic E-state index is 11.8. The van der Waals surface area contributed by atoms with E-state index in [1.54, 1.807) is 30.5 Å². The van der Waals surface area contributed by atoms with Gasteiger partial charge < -0.3 is 14.2 Å². The van der Waals surface area contributed by atoms with Crippen LogP contribution in [0.3, 0.4) is 0 Å². The van der Waals surface area contributed by atoms with Crippen LogP contribution in [-0.2, 0) is 10.0 Å². The van der Waals surface area contributed by atoms with Gasteiger partial charge in [0.25, 0.3) is 0 Å². The summed E-state index contributed by atoms with van der Waals surface area (Å²) in [7, 11) is 1.00. The minimum Gasteiger partial charge on any atom is -0.493 e. The summed E-state index contributed by atoms with van der Waals surface area (Å²) >= 11 is 0. The number of hydrogen-bond acceptors (Lipinski definition) is 7. The third-order valence-corrected chi connectivity index (χ3v) is 4.41. The van der Waals surface area contributed by atoms with Gasteiger partial charge in [-0.2, -0.15) is 0 Å². The number of sulfonamides is 1. The average molecular weight is 389 g/mol. The predicted octanol–water partition coefficient (Wildman–Crippen LogP) is 2.69. The molecule has 0 saturated heterocycles. The van der Waals surface area contributed by atoms with Crippen molar-refractivity contribution in [2.75, 3.05) is 32.3 Å². The first-order chi connectivity index (χ1) is 12.9. The van der Waals surface area contributed by atoms with E-state index in [0.29, 0.717) is 45.2 Å². The van der Waals surface area contributed by atoms with E-state index in [1.165, 1.54) is 21.3 Å². The summed E-state index contributed by atoms with van der Waals surface area (Å²) in [5.41, 5.74) is 1.79. The molecule has 0 aliphatic carbocycles. The fourth-order valence-electron chi connectivity index (χ4n) is 2.72. The van der Waals surface area contributed by atoms with E-state index in [2.05, 4.69) is 14.7 Å². The number of hydrogen-bond donors (Lipinski definition) is 1. The lowest BCUT2D eigenvalue weighted by atomic mass is 10.1. The summed E-state index contributed by atoms with van der Waals surface area (Å²) in [6.45, 7) is 0. The lowest BCUT2D eigenvalue weighted by Crippen LogP contribution is -2.11. The number of pyridine rings is 2. The maximum atomic E-state index is 11.8. The molecule has 0 aliphatic heterocycles. The van der Waals surface area contributed by atoms with Crippen LogP contribution in [0, 0.1) is 0 Å². The van der Waals surface area contributed by atoms with Crippen LogP contribution in [0.1, 0.15) is 0 Å². The van der Waals surface area contributed by atoms with E-state index in [1.807, 2.05) is 6.07 Å². The molecule has 9 heteroatoms. The lowest BCUT2D eigenvalue weighted by molar-refractivity contribution is 0.324. The maximum Gasteiger partial charge on any atom is 0.229 e. The Kier molecular flexibility index (Phi) is 5.04. The largest absolute Gasteiger partial charge is 0.493 e. The Bertz CT molecular complexity index is 1070. The van der Waals surface area contributed by atoms with Crippen LogP contribution in [0.4, 0.5) is 5.69 Å². The highest BCUT2D eigenvalue weighted by Gasteiger charge is 2.19. The van der Waals surface area contributed by atoms with E-state index in [9.17, 15) is 8.42 Å². The van der Waals surface area contributed by atoms with Gasteiger partial charge in [-0.1, -0.05) is 0 Å². The van der Waals surface area contributed by atoms with Gasteiger partial charge in [-0.25, -0.2) is 18.4 Å². The number of ether oxygens (including phenoxy) is 3. The van der Waals surface area contributed by atoms with Gasteiger partial charge >= 0.3 is 0 Å². The highest BCUT2D eigenvalue weighted by Crippen LogP contribution is 2.42. The smallest absolute Gasteiger partial charge is 0.229 e. The molecule has 0 unspecified atom stereocenters. The third kappa shape index (κ3) is 3.87. The summed E-state index contributed by atoms with van der Waals surface area (Å²) in [4.78, 5) is 8.79. The van der Waals surface area contributed by atoms with Gasteiger partial charge in [0.15, 0.2) is 17.1 Å². The molecule has 0 atom stereocenters. The van der Waals surface area contributed by atoms with Crippen molar-refractivity contribution in [3.63, 3.8) is 0 Å². The number of nitrogens with one attached hydrogen (secondary N) is 1. The number of nitrogens with zero attached hydrogens (tertiary/aromatic N) is 2. The van der Waals surface area contributed by atoms with Crippen LogP contribution < -0.4 is 18.9 Å².